The van der Waals surface area contributed by atoms with Crippen LogP contribution in [0.2, 0.25) is 0 Å². The van der Waals surface area contributed by atoms with Crippen LogP contribution in [-0.2, 0) is 6.54 Å². The van der Waals surface area contributed by atoms with Crippen LogP contribution >= 0.6 is 0 Å². The molecule has 2 rings (SSSR count). The van der Waals surface area contributed by atoms with E-state index in [9.17, 15) is 0 Å². The minimum Gasteiger partial charge on any atom is -0.309 e. The Kier molecular flexibility index (Phi) is 4.26. The summed E-state index contributed by atoms with van der Waals surface area (Å²) in [5.41, 5.74) is 1.53. The molecule has 1 saturated heterocycles. The summed E-state index contributed by atoms with van der Waals surface area (Å²) < 4.78 is 2.09. The molecule has 0 saturated carbocycles. The fourth-order valence-corrected chi connectivity index (χ4v) is 2.67. The molecule has 0 radical (unpaired) electrons. The third-order valence-electron chi connectivity index (χ3n) is 4.50. The van der Waals surface area contributed by atoms with Gasteiger partial charge in [-0.15, -0.1) is 0 Å². The predicted octanol–water partition coefficient (Wildman–Crippen LogP) is 2.82. The lowest BCUT2D eigenvalue weighted by molar-refractivity contribution is 0.0312. The average molecular weight is 278 g/mol. The van der Waals surface area contributed by atoms with Gasteiger partial charge in [0.25, 0.3) is 0 Å². The molecule has 4 nitrogen and oxygen atoms in total. The summed E-state index contributed by atoms with van der Waals surface area (Å²) in [7, 11) is 0. The largest absolute Gasteiger partial charge is 0.309 e. The Bertz CT molecular complexity index is 447. The maximum Gasteiger partial charge on any atom is 0.0765 e. The molecule has 1 fully saturated rings. The van der Waals surface area contributed by atoms with Gasteiger partial charge in [0.1, 0.15) is 0 Å². The van der Waals surface area contributed by atoms with E-state index in [-0.39, 0.29) is 11.1 Å². The van der Waals surface area contributed by atoms with E-state index < -0.39 is 0 Å². The summed E-state index contributed by atoms with van der Waals surface area (Å²) >= 11 is 0. The van der Waals surface area contributed by atoms with E-state index in [0.717, 1.165) is 26.1 Å². The highest BCUT2D eigenvalue weighted by molar-refractivity contribution is 5.04. The number of nitrogens with zero attached hydrogens (tertiary/aromatic N) is 3. The van der Waals surface area contributed by atoms with Crippen molar-refractivity contribution in [2.45, 2.75) is 71.6 Å². The van der Waals surface area contributed by atoms with Crippen LogP contribution in [0.4, 0.5) is 0 Å². The molecule has 1 unspecified atom stereocenters. The highest BCUT2D eigenvalue weighted by Gasteiger charge is 2.37. The minimum atomic E-state index is 0.175. The summed E-state index contributed by atoms with van der Waals surface area (Å²) in [5.74, 6) is 0. The van der Waals surface area contributed by atoms with Gasteiger partial charge in [-0.05, 0) is 47.1 Å². The van der Waals surface area contributed by atoms with Gasteiger partial charge in [-0.3, -0.25) is 9.58 Å². The molecule has 0 aliphatic carbocycles. The summed E-state index contributed by atoms with van der Waals surface area (Å²) in [4.78, 5) is 2.55. The molecule has 1 aliphatic heterocycles. The van der Waals surface area contributed by atoms with Gasteiger partial charge in [0.05, 0.1) is 5.69 Å². The first kappa shape index (κ1) is 15.5. The average Bonchev–Trinajstić information content (AvgIpc) is 2.82. The van der Waals surface area contributed by atoms with Crippen molar-refractivity contribution in [1.29, 1.82) is 0 Å². The molecule has 1 aromatic rings. The molecular weight excluding hydrogens is 248 g/mol. The van der Waals surface area contributed by atoms with Gasteiger partial charge < -0.3 is 5.32 Å². The first-order valence-electron chi connectivity index (χ1n) is 7.77. The van der Waals surface area contributed by atoms with Crippen molar-refractivity contribution in [2.24, 2.45) is 0 Å². The van der Waals surface area contributed by atoms with Gasteiger partial charge in [0, 0.05) is 43.0 Å². The lowest BCUT2D eigenvalue weighted by Gasteiger charge is -2.49. The standard InChI is InChI=1S/C16H30N4/c1-7-13(2)20-9-8-14(18-20)10-19-12-15(3,4)17-11-16(19,5)6/h8-9,13,17H,7,10-12H2,1-6H3. The second-order valence-corrected chi connectivity index (χ2v) is 7.45. The van der Waals surface area contributed by atoms with Crippen molar-refractivity contribution in [3.63, 3.8) is 0 Å². The zero-order chi connectivity index (χ0) is 15.0. The van der Waals surface area contributed by atoms with Gasteiger partial charge in [-0.25, -0.2) is 0 Å². The Morgan fingerprint density at radius 1 is 1.35 bits per heavy atom. The zero-order valence-electron chi connectivity index (χ0n) is 13.9. The van der Waals surface area contributed by atoms with Crippen LogP contribution in [0.5, 0.6) is 0 Å². The maximum absolute atomic E-state index is 4.74. The fraction of sp³-hybridized carbons (Fsp3) is 0.812. The Morgan fingerprint density at radius 2 is 2.05 bits per heavy atom. The molecule has 1 N–H and O–H groups in total. The van der Waals surface area contributed by atoms with Crippen LogP contribution in [0.25, 0.3) is 0 Å². The van der Waals surface area contributed by atoms with Crippen molar-refractivity contribution >= 4 is 0 Å². The number of rotatable bonds is 4. The Balaban J connectivity index is 2.09. The normalized spacial score (nSPS) is 23.7. The molecule has 0 amide bonds. The Morgan fingerprint density at radius 3 is 2.70 bits per heavy atom. The molecule has 1 aliphatic rings. The van der Waals surface area contributed by atoms with E-state index >= 15 is 0 Å². The van der Waals surface area contributed by atoms with Gasteiger partial charge in [-0.2, -0.15) is 5.10 Å². The Hall–Kier alpha value is -0.870. The SMILES string of the molecule is CCC(C)n1ccc(CN2CC(C)(C)NCC2(C)C)n1. The van der Waals surface area contributed by atoms with E-state index in [0.29, 0.717) is 6.04 Å². The monoisotopic (exact) mass is 278 g/mol. The molecule has 0 bridgehead atoms. The van der Waals surface area contributed by atoms with Crippen molar-refractivity contribution in [3.8, 4) is 0 Å². The third kappa shape index (κ3) is 3.41. The summed E-state index contributed by atoms with van der Waals surface area (Å²) in [6.07, 6.45) is 3.23. The first-order valence-corrected chi connectivity index (χ1v) is 7.77. The molecule has 1 aromatic heterocycles. The molecule has 2 heterocycles. The smallest absolute Gasteiger partial charge is 0.0765 e. The van der Waals surface area contributed by atoms with Gasteiger partial charge in [-0.1, -0.05) is 6.92 Å². The number of aromatic nitrogens is 2. The van der Waals surface area contributed by atoms with Crippen LogP contribution < -0.4 is 5.32 Å². The predicted molar refractivity (Wildman–Crippen MR) is 83.8 cm³/mol. The maximum atomic E-state index is 4.74. The second-order valence-electron chi connectivity index (χ2n) is 7.45. The molecule has 0 aromatic carbocycles. The lowest BCUT2D eigenvalue weighted by atomic mass is 9.91. The molecular formula is C16H30N4. The van der Waals surface area contributed by atoms with Crippen LogP contribution in [0.3, 0.4) is 0 Å². The van der Waals surface area contributed by atoms with Crippen molar-refractivity contribution in [1.82, 2.24) is 20.0 Å². The fourth-order valence-electron chi connectivity index (χ4n) is 2.67. The van der Waals surface area contributed by atoms with E-state index in [1.54, 1.807) is 0 Å². The van der Waals surface area contributed by atoms with Gasteiger partial charge in [0.2, 0.25) is 0 Å². The molecule has 20 heavy (non-hydrogen) atoms. The number of nitrogens with one attached hydrogen (secondary N) is 1. The van der Waals surface area contributed by atoms with E-state index in [1.807, 2.05) is 0 Å². The van der Waals surface area contributed by atoms with Crippen LogP contribution in [0.1, 0.15) is 59.7 Å². The van der Waals surface area contributed by atoms with Gasteiger partial charge in [0.15, 0.2) is 0 Å². The lowest BCUT2D eigenvalue weighted by Crippen LogP contribution is -2.65. The van der Waals surface area contributed by atoms with Crippen molar-refractivity contribution in [3.05, 3.63) is 18.0 Å². The van der Waals surface area contributed by atoms with E-state index in [2.05, 4.69) is 68.7 Å². The second kappa shape index (κ2) is 5.49. The third-order valence-corrected chi connectivity index (χ3v) is 4.50. The summed E-state index contributed by atoms with van der Waals surface area (Å²) in [5, 5.41) is 8.37. The summed E-state index contributed by atoms with van der Waals surface area (Å²) in [6, 6.07) is 2.65. The number of hydrogen-bond acceptors (Lipinski definition) is 3. The highest BCUT2D eigenvalue weighted by Crippen LogP contribution is 2.25. The van der Waals surface area contributed by atoms with Crippen molar-refractivity contribution < 1.29 is 0 Å². The number of piperazine rings is 1. The van der Waals surface area contributed by atoms with Crippen molar-refractivity contribution in [2.75, 3.05) is 13.1 Å². The van der Waals surface area contributed by atoms with Crippen LogP contribution in [-0.4, -0.2) is 38.8 Å². The molecule has 0 spiro atoms. The molecule has 1 atom stereocenters. The minimum absolute atomic E-state index is 0.175. The first-order chi connectivity index (χ1) is 9.23. The van der Waals surface area contributed by atoms with E-state index in [4.69, 9.17) is 5.10 Å². The zero-order valence-corrected chi connectivity index (χ0v) is 13.9. The van der Waals surface area contributed by atoms with E-state index in [1.165, 1.54) is 5.69 Å². The topological polar surface area (TPSA) is 33.1 Å². The van der Waals surface area contributed by atoms with Crippen LogP contribution in [0, 0.1) is 0 Å². The quantitative estimate of drug-likeness (QED) is 0.919. The number of hydrogen-bond donors (Lipinski definition) is 1. The molecule has 4 heteroatoms. The Labute approximate surface area is 123 Å². The van der Waals surface area contributed by atoms with Gasteiger partial charge >= 0.3 is 0 Å². The highest BCUT2D eigenvalue weighted by atomic mass is 15.3. The summed E-state index contributed by atoms with van der Waals surface area (Å²) in [6.45, 7) is 16.6. The van der Waals surface area contributed by atoms with Crippen LogP contribution in [0.15, 0.2) is 12.3 Å². The molecule has 114 valence electrons.